The lowest BCUT2D eigenvalue weighted by molar-refractivity contribution is -0.148. The Morgan fingerprint density at radius 1 is 1.62 bits per heavy atom. The predicted octanol–water partition coefficient (Wildman–Crippen LogP) is 0.211. The molecular weight excluding hydrogens is 170 g/mol. The predicted molar refractivity (Wildman–Crippen MR) is 47.3 cm³/mol. The van der Waals surface area contributed by atoms with Gasteiger partial charge in [-0.15, -0.1) is 0 Å². The molecule has 0 amide bonds. The zero-order valence-corrected chi connectivity index (χ0v) is 8.46. The third-order valence-corrected chi connectivity index (χ3v) is 2.68. The molecule has 1 fully saturated rings. The molecule has 0 bridgehead atoms. The number of rotatable bonds is 1. The third-order valence-electron chi connectivity index (χ3n) is 2.68. The second kappa shape index (κ2) is 3.10. The van der Waals surface area contributed by atoms with Gasteiger partial charge in [0, 0.05) is 12.0 Å². The molecule has 1 rings (SSSR count). The molecule has 0 saturated carbocycles. The lowest BCUT2D eigenvalue weighted by Gasteiger charge is -2.29. The minimum absolute atomic E-state index is 0.0562. The number of hydrogen-bond acceptors (Lipinski definition) is 4. The first kappa shape index (κ1) is 10.2. The number of likely N-dealkylation sites (N-methyl/N-ethyl adjacent to an activating group) is 1. The van der Waals surface area contributed by atoms with Crippen LogP contribution in [0.4, 0.5) is 0 Å². The van der Waals surface area contributed by atoms with Crippen LogP contribution in [0, 0.1) is 0 Å². The molecule has 13 heavy (non-hydrogen) atoms. The maximum atomic E-state index is 11.5. The minimum Gasteiger partial charge on any atom is -0.468 e. The molecule has 4 heteroatoms. The molecule has 0 aromatic heterocycles. The van der Waals surface area contributed by atoms with Crippen LogP contribution in [-0.4, -0.2) is 42.4 Å². The van der Waals surface area contributed by atoms with Crippen LogP contribution in [-0.2, 0) is 14.3 Å². The molecule has 1 atom stereocenters. The van der Waals surface area contributed by atoms with Gasteiger partial charge in [0.05, 0.1) is 7.11 Å². The molecule has 1 unspecified atom stereocenters. The molecular formula is C9H15NO3. The fraction of sp³-hybridized carbons (Fsp3) is 0.778. The standard InChI is InChI=1S/C9H15NO3/c1-9(2)5-6(11)7(10(9)3)8(12)13-4/h7H,5H2,1-4H3. The van der Waals surface area contributed by atoms with E-state index in [-0.39, 0.29) is 11.3 Å². The Hall–Kier alpha value is -0.900. The summed E-state index contributed by atoms with van der Waals surface area (Å²) in [6.45, 7) is 3.88. The van der Waals surface area contributed by atoms with Crippen molar-refractivity contribution < 1.29 is 14.3 Å². The number of ketones is 1. The number of carbonyl (C=O) groups is 2. The van der Waals surface area contributed by atoms with E-state index >= 15 is 0 Å². The molecule has 0 aromatic rings. The molecule has 1 saturated heterocycles. The van der Waals surface area contributed by atoms with Crippen LogP contribution in [0.25, 0.3) is 0 Å². The first-order valence-electron chi connectivity index (χ1n) is 4.23. The van der Waals surface area contributed by atoms with Gasteiger partial charge in [-0.2, -0.15) is 0 Å². The number of ether oxygens (including phenoxy) is 1. The summed E-state index contributed by atoms with van der Waals surface area (Å²) in [5, 5.41) is 0. The van der Waals surface area contributed by atoms with E-state index in [0.717, 1.165) is 0 Å². The lowest BCUT2D eigenvalue weighted by atomic mass is 10.0. The SMILES string of the molecule is COC(=O)C1C(=O)CC(C)(C)N1C. The number of likely N-dealkylation sites (tertiary alicyclic amines) is 1. The Balaban J connectivity index is 2.88. The lowest BCUT2D eigenvalue weighted by Crippen LogP contribution is -2.44. The van der Waals surface area contributed by atoms with E-state index in [4.69, 9.17) is 0 Å². The summed E-state index contributed by atoms with van der Waals surface area (Å²) in [6, 6.07) is -0.708. The molecule has 1 heterocycles. The Morgan fingerprint density at radius 2 is 2.15 bits per heavy atom. The van der Waals surface area contributed by atoms with Crippen LogP contribution in [0.2, 0.25) is 0 Å². The fourth-order valence-corrected chi connectivity index (χ4v) is 1.61. The van der Waals surface area contributed by atoms with Crippen LogP contribution in [0.1, 0.15) is 20.3 Å². The molecule has 0 spiro atoms. The highest BCUT2D eigenvalue weighted by Gasteiger charge is 2.47. The Labute approximate surface area is 77.8 Å². The van der Waals surface area contributed by atoms with Gasteiger partial charge in [0.2, 0.25) is 0 Å². The Bertz CT molecular complexity index is 247. The molecule has 4 nitrogen and oxygen atoms in total. The quantitative estimate of drug-likeness (QED) is 0.433. The highest BCUT2D eigenvalue weighted by Crippen LogP contribution is 2.29. The second-order valence-corrected chi connectivity index (χ2v) is 3.99. The van der Waals surface area contributed by atoms with Gasteiger partial charge >= 0.3 is 5.97 Å². The number of esters is 1. The zero-order valence-electron chi connectivity index (χ0n) is 8.46. The highest BCUT2D eigenvalue weighted by molar-refractivity contribution is 6.05. The van der Waals surface area contributed by atoms with Gasteiger partial charge < -0.3 is 4.74 Å². The van der Waals surface area contributed by atoms with Crippen LogP contribution >= 0.6 is 0 Å². The summed E-state index contributed by atoms with van der Waals surface area (Å²) in [5.74, 6) is -0.516. The van der Waals surface area contributed by atoms with Crippen LogP contribution in [0.15, 0.2) is 0 Å². The molecule has 1 aliphatic heterocycles. The molecule has 0 aliphatic carbocycles. The van der Waals surface area contributed by atoms with Crippen molar-refractivity contribution in [1.29, 1.82) is 0 Å². The number of Topliss-reactive ketones (excluding diaryl/α,β-unsaturated/α-hetero) is 1. The summed E-state index contributed by atoms with van der Waals surface area (Å²) in [6.07, 6.45) is 0.406. The van der Waals surface area contributed by atoms with Crippen LogP contribution < -0.4 is 0 Å². The van der Waals surface area contributed by atoms with Crippen molar-refractivity contribution in [3.8, 4) is 0 Å². The summed E-state index contributed by atoms with van der Waals surface area (Å²) in [7, 11) is 3.07. The highest BCUT2D eigenvalue weighted by atomic mass is 16.5. The summed E-state index contributed by atoms with van der Waals surface area (Å²) in [4.78, 5) is 24.5. The van der Waals surface area contributed by atoms with Gasteiger partial charge in [0.25, 0.3) is 0 Å². The molecule has 0 N–H and O–H groups in total. The summed E-state index contributed by atoms with van der Waals surface area (Å²) in [5.41, 5.74) is -0.240. The first-order chi connectivity index (χ1) is 5.90. The van der Waals surface area contributed by atoms with Gasteiger partial charge in [-0.05, 0) is 20.9 Å². The zero-order chi connectivity index (χ0) is 10.2. The smallest absolute Gasteiger partial charge is 0.330 e. The maximum Gasteiger partial charge on any atom is 0.330 e. The average molecular weight is 185 g/mol. The largest absolute Gasteiger partial charge is 0.468 e. The van der Waals surface area contributed by atoms with Crippen molar-refractivity contribution in [3.63, 3.8) is 0 Å². The number of methoxy groups -OCH3 is 1. The van der Waals surface area contributed by atoms with E-state index in [2.05, 4.69) is 4.74 Å². The van der Waals surface area contributed by atoms with Crippen molar-refractivity contribution in [2.75, 3.05) is 14.2 Å². The van der Waals surface area contributed by atoms with Crippen molar-refractivity contribution in [1.82, 2.24) is 4.90 Å². The van der Waals surface area contributed by atoms with Gasteiger partial charge in [0.15, 0.2) is 11.8 Å². The Morgan fingerprint density at radius 3 is 2.46 bits per heavy atom. The minimum atomic E-state index is -0.708. The molecule has 0 aromatic carbocycles. The Kier molecular flexibility index (Phi) is 2.43. The van der Waals surface area contributed by atoms with Crippen molar-refractivity contribution in [2.45, 2.75) is 31.8 Å². The fourth-order valence-electron chi connectivity index (χ4n) is 1.61. The van der Waals surface area contributed by atoms with Crippen LogP contribution in [0.5, 0.6) is 0 Å². The van der Waals surface area contributed by atoms with E-state index in [9.17, 15) is 9.59 Å². The summed E-state index contributed by atoms with van der Waals surface area (Å²) < 4.78 is 4.57. The van der Waals surface area contributed by atoms with E-state index < -0.39 is 12.0 Å². The number of hydrogen-bond donors (Lipinski definition) is 0. The van der Waals surface area contributed by atoms with Gasteiger partial charge in [-0.3, -0.25) is 9.69 Å². The molecule has 74 valence electrons. The second-order valence-electron chi connectivity index (χ2n) is 3.99. The summed E-state index contributed by atoms with van der Waals surface area (Å²) >= 11 is 0. The van der Waals surface area contributed by atoms with E-state index in [1.807, 2.05) is 13.8 Å². The normalized spacial score (nSPS) is 27.7. The number of nitrogens with zero attached hydrogens (tertiary/aromatic N) is 1. The van der Waals surface area contributed by atoms with Crippen molar-refractivity contribution in [2.24, 2.45) is 0 Å². The first-order valence-corrected chi connectivity index (χ1v) is 4.23. The van der Waals surface area contributed by atoms with E-state index in [1.165, 1.54) is 7.11 Å². The topological polar surface area (TPSA) is 46.6 Å². The van der Waals surface area contributed by atoms with Gasteiger partial charge in [-0.1, -0.05) is 0 Å². The van der Waals surface area contributed by atoms with Gasteiger partial charge in [0.1, 0.15) is 0 Å². The monoisotopic (exact) mass is 185 g/mol. The molecule has 1 aliphatic rings. The van der Waals surface area contributed by atoms with E-state index in [1.54, 1.807) is 11.9 Å². The molecule has 0 radical (unpaired) electrons. The van der Waals surface area contributed by atoms with Gasteiger partial charge in [-0.25, -0.2) is 4.79 Å². The van der Waals surface area contributed by atoms with Crippen LogP contribution in [0.3, 0.4) is 0 Å². The van der Waals surface area contributed by atoms with E-state index in [0.29, 0.717) is 6.42 Å². The maximum absolute atomic E-state index is 11.5. The van der Waals surface area contributed by atoms with Crippen molar-refractivity contribution >= 4 is 11.8 Å². The van der Waals surface area contributed by atoms with Crippen molar-refractivity contribution in [3.05, 3.63) is 0 Å². The average Bonchev–Trinajstić information content (AvgIpc) is 2.21. The third kappa shape index (κ3) is 1.58. The number of carbonyl (C=O) groups excluding carboxylic acids is 2.